The zero-order chi connectivity index (χ0) is 8.10. The second kappa shape index (κ2) is 3.91. The highest BCUT2D eigenvalue weighted by Gasteiger charge is 1.90. The lowest BCUT2D eigenvalue weighted by atomic mass is 10.1. The maximum absolute atomic E-state index is 10.3. The van der Waals surface area contributed by atoms with Gasteiger partial charge in [0.25, 0.3) is 0 Å². The first-order valence-corrected chi connectivity index (χ1v) is 3.91. The minimum absolute atomic E-state index is 0.754. The molecular formula is C10H12O. The van der Waals surface area contributed by atoms with Crippen LogP contribution in [0.1, 0.15) is 29.3 Å². The van der Waals surface area contributed by atoms with E-state index in [0.29, 0.717) is 0 Å². The van der Waals surface area contributed by atoms with Gasteiger partial charge in [0.2, 0.25) is 0 Å². The minimum atomic E-state index is 0.754. The molecule has 0 aliphatic rings. The van der Waals surface area contributed by atoms with Crippen molar-refractivity contribution in [2.24, 2.45) is 0 Å². The van der Waals surface area contributed by atoms with Gasteiger partial charge in [-0.25, -0.2) is 0 Å². The molecule has 0 heterocycles. The molecule has 0 radical (unpaired) electrons. The summed E-state index contributed by atoms with van der Waals surface area (Å²) >= 11 is 0. The molecule has 0 saturated carbocycles. The molecule has 58 valence electrons. The quantitative estimate of drug-likeness (QED) is 0.602. The molecule has 0 spiro atoms. The Bertz CT molecular complexity index is 223. The van der Waals surface area contributed by atoms with Crippen LogP contribution in [-0.4, -0.2) is 6.29 Å². The average molecular weight is 148 g/mol. The van der Waals surface area contributed by atoms with E-state index in [1.807, 2.05) is 24.3 Å². The Hall–Kier alpha value is -1.11. The van der Waals surface area contributed by atoms with Crippen LogP contribution in [0.4, 0.5) is 0 Å². The molecule has 1 nitrogen and oxygen atoms in total. The molecule has 0 bridgehead atoms. The molecule has 1 aromatic carbocycles. The van der Waals surface area contributed by atoms with Crippen LogP contribution in [0.25, 0.3) is 0 Å². The van der Waals surface area contributed by atoms with E-state index in [9.17, 15) is 4.79 Å². The van der Waals surface area contributed by atoms with Crippen LogP contribution in [0.2, 0.25) is 0 Å². The predicted molar refractivity (Wildman–Crippen MR) is 45.8 cm³/mol. The van der Waals surface area contributed by atoms with Gasteiger partial charge in [0.15, 0.2) is 0 Å². The Balaban J connectivity index is 2.74. The summed E-state index contributed by atoms with van der Waals surface area (Å²) in [5.74, 6) is 0. The highest BCUT2D eigenvalue weighted by molar-refractivity contribution is 5.74. The van der Waals surface area contributed by atoms with E-state index in [4.69, 9.17) is 0 Å². The van der Waals surface area contributed by atoms with E-state index < -0.39 is 0 Å². The van der Waals surface area contributed by atoms with Crippen molar-refractivity contribution in [3.8, 4) is 0 Å². The topological polar surface area (TPSA) is 17.1 Å². The number of aldehydes is 1. The van der Waals surface area contributed by atoms with Crippen molar-refractivity contribution in [1.29, 1.82) is 0 Å². The summed E-state index contributed by atoms with van der Waals surface area (Å²) < 4.78 is 0. The third-order valence-corrected chi connectivity index (χ3v) is 1.65. The molecular weight excluding hydrogens is 136 g/mol. The fourth-order valence-corrected chi connectivity index (χ4v) is 1.05. The molecule has 0 atom stereocenters. The predicted octanol–water partition coefficient (Wildman–Crippen LogP) is 2.45. The second-order valence-electron chi connectivity index (χ2n) is 2.61. The van der Waals surface area contributed by atoms with E-state index in [2.05, 4.69) is 6.92 Å². The van der Waals surface area contributed by atoms with Gasteiger partial charge in [-0.1, -0.05) is 37.6 Å². The highest BCUT2D eigenvalue weighted by Crippen LogP contribution is 2.04. The summed E-state index contributed by atoms with van der Waals surface area (Å²) in [6.45, 7) is 2.15. The summed E-state index contributed by atoms with van der Waals surface area (Å²) in [6.07, 6.45) is 3.12. The molecule has 0 amide bonds. The van der Waals surface area contributed by atoms with Gasteiger partial charge in [-0.3, -0.25) is 4.79 Å². The van der Waals surface area contributed by atoms with Crippen LogP contribution in [0.15, 0.2) is 24.3 Å². The molecule has 0 aromatic heterocycles. The third-order valence-electron chi connectivity index (χ3n) is 1.65. The monoisotopic (exact) mass is 148 g/mol. The van der Waals surface area contributed by atoms with Crippen molar-refractivity contribution in [3.63, 3.8) is 0 Å². The first-order chi connectivity index (χ1) is 5.36. The van der Waals surface area contributed by atoms with Crippen molar-refractivity contribution < 1.29 is 4.79 Å². The average Bonchev–Trinajstić information content (AvgIpc) is 2.07. The molecule has 0 aliphatic carbocycles. The number of aryl methyl sites for hydroxylation is 1. The molecule has 1 rings (SSSR count). The fraction of sp³-hybridized carbons (Fsp3) is 0.300. The minimum Gasteiger partial charge on any atom is -0.298 e. The Kier molecular flexibility index (Phi) is 2.84. The van der Waals surface area contributed by atoms with Crippen LogP contribution < -0.4 is 0 Å². The van der Waals surface area contributed by atoms with E-state index >= 15 is 0 Å². The van der Waals surface area contributed by atoms with Gasteiger partial charge in [-0.2, -0.15) is 0 Å². The van der Waals surface area contributed by atoms with Gasteiger partial charge in [0.1, 0.15) is 6.29 Å². The number of rotatable bonds is 3. The maximum atomic E-state index is 10.3. The zero-order valence-electron chi connectivity index (χ0n) is 6.71. The lowest BCUT2D eigenvalue weighted by Gasteiger charge is -1.96. The summed E-state index contributed by atoms with van der Waals surface area (Å²) in [4.78, 5) is 10.3. The summed E-state index contributed by atoms with van der Waals surface area (Å²) in [6, 6.07) is 7.73. The Labute approximate surface area is 67.1 Å². The number of carbonyl (C=O) groups excluding carboxylic acids is 1. The molecule has 1 aromatic rings. The summed E-state index contributed by atoms with van der Waals surface area (Å²) in [7, 11) is 0. The lowest BCUT2D eigenvalue weighted by molar-refractivity contribution is 0.112. The van der Waals surface area contributed by atoms with Crippen LogP contribution in [0, 0.1) is 0 Å². The molecule has 0 N–H and O–H groups in total. The maximum Gasteiger partial charge on any atom is 0.150 e. The molecule has 1 heteroatoms. The van der Waals surface area contributed by atoms with E-state index in [1.54, 1.807) is 0 Å². The van der Waals surface area contributed by atoms with Crippen LogP contribution >= 0.6 is 0 Å². The van der Waals surface area contributed by atoms with E-state index in [1.165, 1.54) is 5.56 Å². The van der Waals surface area contributed by atoms with Gasteiger partial charge in [0.05, 0.1) is 0 Å². The highest BCUT2D eigenvalue weighted by atomic mass is 16.1. The number of hydrogen-bond donors (Lipinski definition) is 0. The fourth-order valence-electron chi connectivity index (χ4n) is 1.05. The van der Waals surface area contributed by atoms with Crippen LogP contribution in [0.3, 0.4) is 0 Å². The largest absolute Gasteiger partial charge is 0.298 e. The summed E-state index contributed by atoms with van der Waals surface area (Å²) in [5, 5.41) is 0. The SMILES string of the molecule is CCCc1ccc(C=O)cc1. The standard InChI is InChI=1S/C10H12O/c1-2-3-9-4-6-10(8-11)7-5-9/h4-8H,2-3H2,1H3. The zero-order valence-corrected chi connectivity index (χ0v) is 6.71. The van der Waals surface area contributed by atoms with Crippen molar-refractivity contribution >= 4 is 6.29 Å². The van der Waals surface area contributed by atoms with Gasteiger partial charge < -0.3 is 0 Å². The molecule has 0 unspecified atom stereocenters. The first kappa shape index (κ1) is 7.99. The number of hydrogen-bond acceptors (Lipinski definition) is 1. The van der Waals surface area contributed by atoms with Crippen molar-refractivity contribution in [3.05, 3.63) is 35.4 Å². The number of benzene rings is 1. The van der Waals surface area contributed by atoms with Crippen molar-refractivity contribution in [1.82, 2.24) is 0 Å². The van der Waals surface area contributed by atoms with Gasteiger partial charge >= 0.3 is 0 Å². The second-order valence-corrected chi connectivity index (χ2v) is 2.61. The molecule has 0 fully saturated rings. The van der Waals surface area contributed by atoms with Gasteiger partial charge in [0, 0.05) is 5.56 Å². The smallest absolute Gasteiger partial charge is 0.150 e. The van der Waals surface area contributed by atoms with Crippen LogP contribution in [0.5, 0.6) is 0 Å². The molecule has 11 heavy (non-hydrogen) atoms. The third kappa shape index (κ3) is 2.19. The van der Waals surface area contributed by atoms with E-state index in [-0.39, 0.29) is 0 Å². The van der Waals surface area contributed by atoms with Crippen molar-refractivity contribution in [2.75, 3.05) is 0 Å². The Morgan fingerprint density at radius 3 is 2.36 bits per heavy atom. The van der Waals surface area contributed by atoms with Gasteiger partial charge in [-0.15, -0.1) is 0 Å². The first-order valence-electron chi connectivity index (χ1n) is 3.91. The normalized spacial score (nSPS) is 9.55. The Morgan fingerprint density at radius 2 is 1.91 bits per heavy atom. The molecule has 0 saturated heterocycles. The Morgan fingerprint density at radius 1 is 1.27 bits per heavy atom. The van der Waals surface area contributed by atoms with Crippen LogP contribution in [-0.2, 0) is 6.42 Å². The summed E-state index contributed by atoms with van der Waals surface area (Å²) in [5.41, 5.74) is 2.06. The lowest BCUT2D eigenvalue weighted by Crippen LogP contribution is -1.84. The van der Waals surface area contributed by atoms with E-state index in [0.717, 1.165) is 24.7 Å². The number of carbonyl (C=O) groups is 1. The van der Waals surface area contributed by atoms with Crippen molar-refractivity contribution in [2.45, 2.75) is 19.8 Å². The van der Waals surface area contributed by atoms with Gasteiger partial charge in [-0.05, 0) is 12.0 Å². The molecule has 0 aliphatic heterocycles.